The van der Waals surface area contributed by atoms with Crippen LogP contribution in [0.5, 0.6) is 0 Å². The maximum atomic E-state index is 12.3. The van der Waals surface area contributed by atoms with Gasteiger partial charge in [0.05, 0.1) is 6.54 Å². The molecule has 0 spiro atoms. The summed E-state index contributed by atoms with van der Waals surface area (Å²) in [5.41, 5.74) is 1.16. The standard InChI is InChI=1S/C22H38N6OS.HI/c1-4-23-22(26-19-9-6-10-20(16-19)30(29)5-2)25-17-18-8-7-11-24-21(18)28-14-12-27(3)13-15-28;/h7-8,11,19-20H,4-6,9-10,12-17H2,1-3H3,(H2,23,25,26);1H. The quantitative estimate of drug-likeness (QED) is 0.303. The van der Waals surface area contributed by atoms with Gasteiger partial charge in [0, 0.05) is 72.3 Å². The number of halogens is 1. The molecule has 2 heterocycles. The Morgan fingerprint density at radius 2 is 2.03 bits per heavy atom. The number of hydrogen-bond acceptors (Lipinski definition) is 5. The molecule has 3 unspecified atom stereocenters. The summed E-state index contributed by atoms with van der Waals surface area (Å²) in [4.78, 5) is 14.3. The van der Waals surface area contributed by atoms with Crippen molar-refractivity contribution in [3.8, 4) is 0 Å². The van der Waals surface area contributed by atoms with Crippen LogP contribution in [0.25, 0.3) is 0 Å². The van der Waals surface area contributed by atoms with E-state index in [1.54, 1.807) is 0 Å². The maximum Gasteiger partial charge on any atom is 0.191 e. The van der Waals surface area contributed by atoms with E-state index in [1.165, 1.54) is 0 Å². The number of nitrogens with zero attached hydrogens (tertiary/aromatic N) is 4. The third-order valence-electron chi connectivity index (χ3n) is 6.05. The van der Waals surface area contributed by atoms with Crippen LogP contribution in [0.1, 0.15) is 45.1 Å². The maximum absolute atomic E-state index is 12.3. The topological polar surface area (TPSA) is 72.9 Å². The zero-order valence-corrected chi connectivity index (χ0v) is 22.3. The van der Waals surface area contributed by atoms with Crippen molar-refractivity contribution >= 4 is 46.6 Å². The number of aliphatic imine (C=N–C) groups is 1. The van der Waals surface area contributed by atoms with Gasteiger partial charge in [-0.1, -0.05) is 19.4 Å². The van der Waals surface area contributed by atoms with Gasteiger partial charge in [0.2, 0.25) is 0 Å². The summed E-state index contributed by atoms with van der Waals surface area (Å²) in [5, 5.41) is 7.30. The molecule has 1 aliphatic carbocycles. The second kappa shape index (κ2) is 13.6. The average Bonchev–Trinajstić information content (AvgIpc) is 2.78. The van der Waals surface area contributed by atoms with Gasteiger partial charge in [-0.2, -0.15) is 0 Å². The van der Waals surface area contributed by atoms with E-state index in [9.17, 15) is 4.21 Å². The van der Waals surface area contributed by atoms with Crippen molar-refractivity contribution in [2.75, 3.05) is 50.4 Å². The number of nitrogens with one attached hydrogen (secondary N) is 2. The first-order chi connectivity index (χ1) is 14.6. The Morgan fingerprint density at radius 3 is 2.74 bits per heavy atom. The van der Waals surface area contributed by atoms with Crippen molar-refractivity contribution in [3.05, 3.63) is 23.9 Å². The Labute approximate surface area is 207 Å². The molecule has 3 atom stereocenters. The van der Waals surface area contributed by atoms with E-state index in [4.69, 9.17) is 4.99 Å². The van der Waals surface area contributed by atoms with Gasteiger partial charge in [0.15, 0.2) is 5.96 Å². The molecule has 2 aliphatic rings. The largest absolute Gasteiger partial charge is 0.357 e. The van der Waals surface area contributed by atoms with Gasteiger partial charge in [0.25, 0.3) is 0 Å². The summed E-state index contributed by atoms with van der Waals surface area (Å²) in [6, 6.07) is 4.47. The minimum Gasteiger partial charge on any atom is -0.357 e. The minimum absolute atomic E-state index is 0. The molecule has 9 heteroatoms. The number of piperazine rings is 1. The zero-order chi connectivity index (χ0) is 21.3. The van der Waals surface area contributed by atoms with Crippen LogP contribution in [-0.4, -0.2) is 76.9 Å². The van der Waals surface area contributed by atoms with Crippen LogP contribution >= 0.6 is 24.0 Å². The van der Waals surface area contributed by atoms with E-state index in [-0.39, 0.29) is 24.0 Å². The Hall–Kier alpha value is -0.940. The van der Waals surface area contributed by atoms with Crippen LogP contribution in [0.2, 0.25) is 0 Å². The number of aromatic nitrogens is 1. The summed E-state index contributed by atoms with van der Waals surface area (Å²) in [6.45, 7) is 9.65. The molecule has 7 nitrogen and oxygen atoms in total. The zero-order valence-electron chi connectivity index (χ0n) is 19.2. The number of pyridine rings is 1. The van der Waals surface area contributed by atoms with Crippen molar-refractivity contribution in [2.24, 2.45) is 4.99 Å². The number of likely N-dealkylation sites (N-methyl/N-ethyl adjacent to an activating group) is 1. The molecular weight excluding hydrogens is 523 g/mol. The summed E-state index contributed by atoms with van der Waals surface area (Å²) in [7, 11) is 1.46. The van der Waals surface area contributed by atoms with Crippen LogP contribution in [0, 0.1) is 0 Å². The van der Waals surface area contributed by atoms with Crippen LogP contribution in [0.3, 0.4) is 0 Å². The van der Waals surface area contributed by atoms with Crippen LogP contribution in [0.15, 0.2) is 23.3 Å². The highest BCUT2D eigenvalue weighted by Gasteiger charge is 2.26. The van der Waals surface area contributed by atoms with Gasteiger partial charge in [-0.3, -0.25) is 4.21 Å². The van der Waals surface area contributed by atoms with E-state index in [0.29, 0.717) is 17.8 Å². The molecule has 176 valence electrons. The number of hydrogen-bond donors (Lipinski definition) is 2. The summed E-state index contributed by atoms with van der Waals surface area (Å²) in [5.74, 6) is 2.65. The molecule has 1 aromatic heterocycles. The predicted octanol–water partition coefficient (Wildman–Crippen LogP) is 2.59. The van der Waals surface area contributed by atoms with E-state index < -0.39 is 10.8 Å². The van der Waals surface area contributed by atoms with Gasteiger partial charge in [-0.15, -0.1) is 24.0 Å². The second-order valence-corrected chi connectivity index (χ2v) is 10.3. The Bertz CT molecular complexity index is 726. The molecule has 0 amide bonds. The first-order valence-electron chi connectivity index (χ1n) is 11.4. The lowest BCUT2D eigenvalue weighted by molar-refractivity contribution is 0.312. The predicted molar refractivity (Wildman–Crippen MR) is 142 cm³/mol. The fourth-order valence-electron chi connectivity index (χ4n) is 4.28. The van der Waals surface area contributed by atoms with E-state index in [1.807, 2.05) is 19.2 Å². The smallest absolute Gasteiger partial charge is 0.191 e. The van der Waals surface area contributed by atoms with Crippen molar-refractivity contribution in [1.29, 1.82) is 0 Å². The first-order valence-corrected chi connectivity index (χ1v) is 12.8. The highest BCUT2D eigenvalue weighted by Crippen LogP contribution is 2.23. The van der Waals surface area contributed by atoms with Gasteiger partial charge in [-0.25, -0.2) is 9.98 Å². The highest BCUT2D eigenvalue weighted by atomic mass is 127. The van der Waals surface area contributed by atoms with Crippen LogP contribution < -0.4 is 15.5 Å². The molecule has 0 bridgehead atoms. The Morgan fingerprint density at radius 1 is 1.26 bits per heavy atom. The Kier molecular flexibility index (Phi) is 11.5. The van der Waals surface area contributed by atoms with E-state index in [2.05, 4.69) is 45.5 Å². The number of guanidine groups is 1. The molecule has 2 fully saturated rings. The molecule has 0 radical (unpaired) electrons. The molecule has 0 aromatic carbocycles. The van der Waals surface area contributed by atoms with E-state index >= 15 is 0 Å². The first kappa shape index (κ1) is 26.3. The van der Waals surface area contributed by atoms with Crippen LogP contribution in [0.4, 0.5) is 5.82 Å². The van der Waals surface area contributed by atoms with Crippen molar-refractivity contribution in [2.45, 2.75) is 57.4 Å². The van der Waals surface area contributed by atoms with E-state index in [0.717, 1.165) is 81.5 Å². The third kappa shape index (κ3) is 7.85. The van der Waals surface area contributed by atoms with Gasteiger partial charge in [0.1, 0.15) is 5.82 Å². The molecule has 2 N–H and O–H groups in total. The fraction of sp³-hybridized carbons (Fsp3) is 0.727. The van der Waals surface area contributed by atoms with Gasteiger partial charge < -0.3 is 20.4 Å². The number of rotatable bonds is 7. The third-order valence-corrected chi connectivity index (χ3v) is 7.79. The number of anilines is 1. The minimum atomic E-state index is -0.712. The SMILES string of the molecule is CCNC(=NCc1cccnc1N1CCN(C)CC1)NC1CCCC(S(=O)CC)C1.I. The lowest BCUT2D eigenvalue weighted by Gasteiger charge is -2.34. The second-order valence-electron chi connectivity index (χ2n) is 8.27. The Balaban J connectivity index is 0.00000341. The highest BCUT2D eigenvalue weighted by molar-refractivity contribution is 14.0. The monoisotopic (exact) mass is 562 g/mol. The lowest BCUT2D eigenvalue weighted by atomic mass is 9.95. The van der Waals surface area contributed by atoms with Crippen LogP contribution in [-0.2, 0) is 17.3 Å². The summed E-state index contributed by atoms with van der Waals surface area (Å²) < 4.78 is 12.3. The molecule has 1 aliphatic heterocycles. The molecule has 3 rings (SSSR count). The fourth-order valence-corrected chi connectivity index (χ4v) is 5.63. The molecule has 1 aromatic rings. The normalized spacial score (nSPS) is 23.7. The summed E-state index contributed by atoms with van der Waals surface area (Å²) in [6.07, 6.45) is 6.16. The van der Waals surface area contributed by atoms with Crippen molar-refractivity contribution in [3.63, 3.8) is 0 Å². The van der Waals surface area contributed by atoms with Crippen molar-refractivity contribution < 1.29 is 4.21 Å². The molecule has 1 saturated carbocycles. The average molecular weight is 563 g/mol. The van der Waals surface area contributed by atoms with Gasteiger partial charge >= 0.3 is 0 Å². The summed E-state index contributed by atoms with van der Waals surface area (Å²) >= 11 is 0. The molecule has 31 heavy (non-hydrogen) atoms. The molecular formula is C22H39IN6OS. The lowest BCUT2D eigenvalue weighted by Crippen LogP contribution is -2.46. The molecule has 1 saturated heterocycles. The van der Waals surface area contributed by atoms with Crippen molar-refractivity contribution in [1.82, 2.24) is 20.5 Å². The van der Waals surface area contributed by atoms with Gasteiger partial charge in [-0.05, 0) is 39.3 Å².